The number of nitrogens with zero attached hydrogens (tertiary/aromatic N) is 1. The van der Waals surface area contributed by atoms with Gasteiger partial charge in [-0.15, -0.1) is 0 Å². The molecule has 0 N–H and O–H groups in total. The first-order chi connectivity index (χ1) is 10.8. The zero-order chi connectivity index (χ0) is 14.9. The molecule has 23 heavy (non-hydrogen) atoms. The van der Waals surface area contributed by atoms with E-state index < -0.39 is 0 Å². The summed E-state index contributed by atoms with van der Waals surface area (Å²) in [7, 11) is 2.00. The van der Waals surface area contributed by atoms with E-state index in [0.29, 0.717) is 0 Å². The summed E-state index contributed by atoms with van der Waals surface area (Å²) < 4.78 is 8.13. The summed E-state index contributed by atoms with van der Waals surface area (Å²) in [5.74, 6) is 1.74. The third-order valence-corrected chi connectivity index (χ3v) is 3.91. The Balaban J connectivity index is 0.00000156. The Bertz CT molecular complexity index is 964. The van der Waals surface area contributed by atoms with Crippen LogP contribution in [0.15, 0.2) is 79.1 Å². The second kappa shape index (κ2) is 6.54. The minimum absolute atomic E-state index is 0. The van der Waals surface area contributed by atoms with Gasteiger partial charge >= 0.3 is 0 Å². The van der Waals surface area contributed by atoms with E-state index in [1.807, 2.05) is 36.1 Å². The Morgan fingerprint density at radius 2 is 1.35 bits per heavy atom. The molecule has 0 fully saturated rings. The maximum absolute atomic E-state index is 6.14. The number of halogens is 1. The van der Waals surface area contributed by atoms with Crippen molar-refractivity contribution in [2.75, 3.05) is 0 Å². The van der Waals surface area contributed by atoms with Crippen molar-refractivity contribution in [2.24, 2.45) is 7.05 Å². The number of pyridine rings is 1. The Labute approximate surface area is 152 Å². The fraction of sp³-hybridized carbons (Fsp3) is 0.0500. The molecule has 0 aliphatic heterocycles. The molecule has 2 nitrogen and oxygen atoms in total. The molecule has 3 heteroatoms. The topological polar surface area (TPSA) is 13.1 Å². The molecule has 3 aromatic carbocycles. The molecule has 1 aromatic heterocycles. The summed E-state index contributed by atoms with van der Waals surface area (Å²) in [6.07, 6.45) is 3.97. The zero-order valence-electron chi connectivity index (χ0n) is 12.7. The molecule has 0 bridgehead atoms. The average Bonchev–Trinajstić information content (AvgIpc) is 2.57. The molecule has 4 rings (SSSR count). The van der Waals surface area contributed by atoms with Crippen LogP contribution in [0.1, 0.15) is 0 Å². The van der Waals surface area contributed by atoms with Gasteiger partial charge in [-0.1, -0.05) is 48.5 Å². The van der Waals surface area contributed by atoms with Gasteiger partial charge in [-0.3, -0.25) is 0 Å². The summed E-state index contributed by atoms with van der Waals surface area (Å²) in [5, 5.41) is 4.80. The van der Waals surface area contributed by atoms with Crippen molar-refractivity contribution in [2.45, 2.75) is 0 Å². The number of hydrogen-bond donors (Lipinski definition) is 0. The highest BCUT2D eigenvalue weighted by Gasteiger charge is 2.08. The Morgan fingerprint density at radius 1 is 0.739 bits per heavy atom. The van der Waals surface area contributed by atoms with E-state index in [0.717, 1.165) is 16.9 Å². The van der Waals surface area contributed by atoms with Gasteiger partial charge in [-0.05, 0) is 22.2 Å². The summed E-state index contributed by atoms with van der Waals surface area (Å²) >= 11 is 0. The highest BCUT2D eigenvalue weighted by molar-refractivity contribution is 6.10. The molecule has 1 heterocycles. The third-order valence-electron chi connectivity index (χ3n) is 3.91. The Hall–Kier alpha value is -2.14. The van der Waals surface area contributed by atoms with Crippen LogP contribution in [0.2, 0.25) is 0 Å². The molecule has 0 radical (unpaired) electrons. The number of aryl methyl sites for hydroxylation is 1. The van der Waals surface area contributed by atoms with Crippen LogP contribution < -0.4 is 33.3 Å². The number of benzene rings is 3. The minimum atomic E-state index is 0. The first-order valence-corrected chi connectivity index (χ1v) is 7.35. The number of hydrogen-bond acceptors (Lipinski definition) is 1. The molecule has 0 unspecified atom stereocenters. The Morgan fingerprint density at radius 3 is 2.09 bits per heavy atom. The van der Waals surface area contributed by atoms with Crippen LogP contribution in [0.5, 0.6) is 11.5 Å². The number of ether oxygens (including phenoxy) is 1. The lowest BCUT2D eigenvalue weighted by Crippen LogP contribution is -3.00. The van der Waals surface area contributed by atoms with Crippen molar-refractivity contribution in [1.82, 2.24) is 0 Å². The lowest BCUT2D eigenvalue weighted by atomic mass is 10.0. The number of rotatable bonds is 2. The standard InChI is InChI=1S/C20H16NO.HI/c1-21-12-10-16(11-13-21)22-20-14-15-6-2-3-7-17(15)18-8-4-5-9-19(18)20;/h2-14H,1H3;1H/q+1;/p-1. The van der Waals surface area contributed by atoms with E-state index in [4.69, 9.17) is 4.74 Å². The third kappa shape index (κ3) is 3.01. The minimum Gasteiger partial charge on any atom is -1.00 e. The summed E-state index contributed by atoms with van der Waals surface area (Å²) in [6, 6.07) is 22.9. The quantitative estimate of drug-likeness (QED) is 0.277. The Kier molecular flexibility index (Phi) is 4.48. The molecular formula is C20H16INO. The van der Waals surface area contributed by atoms with Gasteiger partial charge < -0.3 is 28.7 Å². The average molecular weight is 413 g/mol. The normalized spacial score (nSPS) is 10.5. The molecule has 0 spiro atoms. The molecule has 0 saturated carbocycles. The van der Waals surface area contributed by atoms with Crippen molar-refractivity contribution in [3.63, 3.8) is 0 Å². The van der Waals surface area contributed by atoms with Crippen LogP contribution in [0.25, 0.3) is 21.5 Å². The van der Waals surface area contributed by atoms with Crippen molar-refractivity contribution >= 4 is 21.5 Å². The first-order valence-electron chi connectivity index (χ1n) is 7.35. The fourth-order valence-electron chi connectivity index (χ4n) is 2.79. The molecule has 0 saturated heterocycles. The highest BCUT2D eigenvalue weighted by Crippen LogP contribution is 2.35. The van der Waals surface area contributed by atoms with E-state index >= 15 is 0 Å². The predicted octanol–water partition coefficient (Wildman–Crippen LogP) is 1.61. The second-order valence-corrected chi connectivity index (χ2v) is 5.44. The van der Waals surface area contributed by atoms with Crippen molar-refractivity contribution in [3.05, 3.63) is 79.1 Å². The van der Waals surface area contributed by atoms with Crippen LogP contribution in [-0.2, 0) is 7.05 Å². The SMILES string of the molecule is C[n+]1ccc(Oc2cc3ccccc3c3ccccc23)cc1.[I-]. The molecule has 0 aliphatic carbocycles. The van der Waals surface area contributed by atoms with Crippen LogP contribution in [-0.4, -0.2) is 0 Å². The predicted molar refractivity (Wildman–Crippen MR) is 89.1 cm³/mol. The second-order valence-electron chi connectivity index (χ2n) is 5.44. The molecular weight excluding hydrogens is 397 g/mol. The van der Waals surface area contributed by atoms with Crippen molar-refractivity contribution in [3.8, 4) is 11.5 Å². The zero-order valence-corrected chi connectivity index (χ0v) is 14.9. The maximum Gasteiger partial charge on any atom is 0.172 e. The smallest absolute Gasteiger partial charge is 0.172 e. The van der Waals surface area contributed by atoms with Crippen LogP contribution >= 0.6 is 0 Å². The van der Waals surface area contributed by atoms with Gasteiger partial charge in [0.2, 0.25) is 0 Å². The van der Waals surface area contributed by atoms with Gasteiger partial charge in [-0.2, -0.15) is 0 Å². The maximum atomic E-state index is 6.14. The van der Waals surface area contributed by atoms with Crippen LogP contribution in [0, 0.1) is 0 Å². The van der Waals surface area contributed by atoms with E-state index in [-0.39, 0.29) is 24.0 Å². The summed E-state index contributed by atoms with van der Waals surface area (Å²) in [6.45, 7) is 0. The molecule has 0 atom stereocenters. The van der Waals surface area contributed by atoms with Gasteiger partial charge in [0.25, 0.3) is 0 Å². The van der Waals surface area contributed by atoms with Gasteiger partial charge in [0, 0.05) is 17.5 Å². The van der Waals surface area contributed by atoms with Crippen LogP contribution in [0.4, 0.5) is 0 Å². The summed E-state index contributed by atoms with van der Waals surface area (Å²) in [5.41, 5.74) is 0. The molecule has 0 aliphatic rings. The van der Waals surface area contributed by atoms with Crippen molar-refractivity contribution < 1.29 is 33.3 Å². The summed E-state index contributed by atoms with van der Waals surface area (Å²) in [4.78, 5) is 0. The monoisotopic (exact) mass is 413 g/mol. The van der Waals surface area contributed by atoms with Gasteiger partial charge in [0.05, 0.1) is 0 Å². The molecule has 4 aromatic rings. The van der Waals surface area contributed by atoms with E-state index in [1.165, 1.54) is 16.2 Å². The number of aromatic nitrogens is 1. The van der Waals surface area contributed by atoms with E-state index in [9.17, 15) is 0 Å². The highest BCUT2D eigenvalue weighted by atomic mass is 127. The van der Waals surface area contributed by atoms with E-state index in [1.54, 1.807) is 0 Å². The lowest BCUT2D eigenvalue weighted by molar-refractivity contribution is -0.671. The number of fused-ring (bicyclic) bond motifs is 3. The van der Waals surface area contributed by atoms with Crippen LogP contribution in [0.3, 0.4) is 0 Å². The largest absolute Gasteiger partial charge is 1.00 e. The molecule has 0 amide bonds. The molecule has 114 valence electrons. The first kappa shape index (κ1) is 15.7. The van der Waals surface area contributed by atoms with E-state index in [2.05, 4.69) is 54.6 Å². The van der Waals surface area contributed by atoms with Gasteiger partial charge in [-0.25, -0.2) is 4.57 Å². The van der Waals surface area contributed by atoms with Crippen molar-refractivity contribution in [1.29, 1.82) is 0 Å². The van der Waals surface area contributed by atoms with Gasteiger partial charge in [0.15, 0.2) is 12.4 Å². The fourth-order valence-corrected chi connectivity index (χ4v) is 2.79. The lowest BCUT2D eigenvalue weighted by Gasteiger charge is -2.11. The van der Waals surface area contributed by atoms with Gasteiger partial charge in [0.1, 0.15) is 18.5 Å².